The molecule has 0 aromatic heterocycles. The SMILES string of the molecule is CC(C)(C)OC(=O)N1CCCOC[C@@H]1CO. The van der Waals surface area contributed by atoms with Gasteiger partial charge >= 0.3 is 6.09 Å². The number of aliphatic hydroxyl groups is 1. The van der Waals surface area contributed by atoms with Gasteiger partial charge in [0.15, 0.2) is 0 Å². The van der Waals surface area contributed by atoms with Gasteiger partial charge in [-0.05, 0) is 27.2 Å². The van der Waals surface area contributed by atoms with Gasteiger partial charge in [0.1, 0.15) is 5.60 Å². The van der Waals surface area contributed by atoms with Gasteiger partial charge in [-0.3, -0.25) is 0 Å². The number of hydrogen-bond donors (Lipinski definition) is 1. The van der Waals surface area contributed by atoms with E-state index in [-0.39, 0.29) is 18.7 Å². The van der Waals surface area contributed by atoms with Gasteiger partial charge in [0.25, 0.3) is 0 Å². The molecule has 0 spiro atoms. The first-order valence-electron chi connectivity index (χ1n) is 5.62. The van der Waals surface area contributed by atoms with Crippen LogP contribution in [-0.4, -0.2) is 54.1 Å². The molecule has 0 radical (unpaired) electrons. The van der Waals surface area contributed by atoms with Gasteiger partial charge in [0, 0.05) is 13.2 Å². The number of hydrogen-bond acceptors (Lipinski definition) is 4. The van der Waals surface area contributed by atoms with Crippen LogP contribution in [0.25, 0.3) is 0 Å². The summed E-state index contributed by atoms with van der Waals surface area (Å²) in [6.45, 7) is 6.94. The molecule has 1 aliphatic rings. The summed E-state index contributed by atoms with van der Waals surface area (Å²) in [6, 6.07) is -0.294. The van der Waals surface area contributed by atoms with E-state index >= 15 is 0 Å². The van der Waals surface area contributed by atoms with Gasteiger partial charge in [0.05, 0.1) is 19.3 Å². The molecule has 1 aliphatic heterocycles. The van der Waals surface area contributed by atoms with E-state index in [1.807, 2.05) is 20.8 Å². The van der Waals surface area contributed by atoms with Crippen LogP contribution in [0.4, 0.5) is 4.79 Å². The number of rotatable bonds is 1. The normalized spacial score (nSPS) is 22.8. The highest BCUT2D eigenvalue weighted by Crippen LogP contribution is 2.14. The smallest absolute Gasteiger partial charge is 0.410 e. The average molecular weight is 231 g/mol. The van der Waals surface area contributed by atoms with Crippen molar-refractivity contribution in [2.75, 3.05) is 26.4 Å². The van der Waals surface area contributed by atoms with Crippen LogP contribution < -0.4 is 0 Å². The van der Waals surface area contributed by atoms with Crippen LogP contribution in [0.15, 0.2) is 0 Å². The van der Waals surface area contributed by atoms with Crippen molar-refractivity contribution in [2.45, 2.75) is 38.8 Å². The fourth-order valence-electron chi connectivity index (χ4n) is 1.54. The van der Waals surface area contributed by atoms with E-state index < -0.39 is 5.60 Å². The summed E-state index contributed by atoms with van der Waals surface area (Å²) in [4.78, 5) is 13.4. The topological polar surface area (TPSA) is 59.0 Å². The minimum atomic E-state index is -0.510. The number of carbonyl (C=O) groups is 1. The van der Waals surface area contributed by atoms with Crippen molar-refractivity contribution >= 4 is 6.09 Å². The van der Waals surface area contributed by atoms with Crippen LogP contribution in [0.3, 0.4) is 0 Å². The minimum absolute atomic E-state index is 0.0980. The molecule has 5 nitrogen and oxygen atoms in total. The lowest BCUT2D eigenvalue weighted by atomic mass is 10.2. The maximum atomic E-state index is 11.9. The second kappa shape index (κ2) is 5.50. The van der Waals surface area contributed by atoms with Crippen molar-refractivity contribution in [2.24, 2.45) is 0 Å². The highest BCUT2D eigenvalue weighted by atomic mass is 16.6. The Balaban J connectivity index is 2.63. The molecule has 16 heavy (non-hydrogen) atoms. The zero-order valence-corrected chi connectivity index (χ0v) is 10.2. The standard InChI is InChI=1S/C11H21NO4/c1-11(2,3)16-10(14)12-5-4-6-15-8-9(12)7-13/h9,13H,4-8H2,1-3H3/t9-/m0/s1. The predicted molar refractivity (Wildman–Crippen MR) is 59.2 cm³/mol. The third kappa shape index (κ3) is 3.98. The molecule has 94 valence electrons. The molecule has 0 saturated carbocycles. The third-order valence-electron chi connectivity index (χ3n) is 2.28. The van der Waals surface area contributed by atoms with Gasteiger partial charge < -0.3 is 19.5 Å². The van der Waals surface area contributed by atoms with Crippen molar-refractivity contribution in [1.82, 2.24) is 4.90 Å². The summed E-state index contributed by atoms with van der Waals surface area (Å²) >= 11 is 0. The Kier molecular flexibility index (Phi) is 4.56. The molecule has 1 rings (SSSR count). The van der Waals surface area contributed by atoms with E-state index in [0.29, 0.717) is 19.8 Å². The Morgan fingerprint density at radius 3 is 2.81 bits per heavy atom. The van der Waals surface area contributed by atoms with Crippen LogP contribution in [0.5, 0.6) is 0 Å². The summed E-state index contributed by atoms with van der Waals surface area (Å²) in [5, 5.41) is 9.20. The molecule has 0 aromatic rings. The molecule has 0 aromatic carbocycles. The molecule has 1 heterocycles. The van der Waals surface area contributed by atoms with E-state index in [1.54, 1.807) is 4.90 Å². The highest BCUT2D eigenvalue weighted by Gasteiger charge is 2.29. The Labute approximate surface area is 96.3 Å². The highest BCUT2D eigenvalue weighted by molar-refractivity contribution is 5.68. The monoisotopic (exact) mass is 231 g/mol. The fraction of sp³-hybridized carbons (Fsp3) is 0.909. The van der Waals surface area contributed by atoms with Gasteiger partial charge in [-0.15, -0.1) is 0 Å². The largest absolute Gasteiger partial charge is 0.444 e. The lowest BCUT2D eigenvalue weighted by Gasteiger charge is -2.30. The molecule has 1 saturated heterocycles. The third-order valence-corrected chi connectivity index (χ3v) is 2.28. The molecular formula is C11H21NO4. The average Bonchev–Trinajstić information content (AvgIpc) is 2.39. The van der Waals surface area contributed by atoms with Gasteiger partial charge in [-0.1, -0.05) is 0 Å². The first kappa shape index (κ1) is 13.3. The summed E-state index contributed by atoms with van der Waals surface area (Å²) in [5.74, 6) is 0. The van der Waals surface area contributed by atoms with Crippen molar-refractivity contribution in [3.8, 4) is 0 Å². The molecule has 5 heteroatoms. The van der Waals surface area contributed by atoms with E-state index in [1.165, 1.54) is 0 Å². The number of nitrogens with zero attached hydrogens (tertiary/aromatic N) is 1. The first-order chi connectivity index (χ1) is 7.44. The summed E-state index contributed by atoms with van der Waals surface area (Å²) in [7, 11) is 0. The second-order valence-corrected chi connectivity index (χ2v) is 4.94. The lowest BCUT2D eigenvalue weighted by molar-refractivity contribution is 0.00333. The molecule has 0 unspecified atom stereocenters. The first-order valence-corrected chi connectivity index (χ1v) is 5.62. The Morgan fingerprint density at radius 2 is 2.25 bits per heavy atom. The van der Waals surface area contributed by atoms with E-state index in [4.69, 9.17) is 9.47 Å². The van der Waals surface area contributed by atoms with E-state index in [2.05, 4.69) is 0 Å². The van der Waals surface area contributed by atoms with E-state index in [9.17, 15) is 9.90 Å². The van der Waals surface area contributed by atoms with Crippen molar-refractivity contribution in [1.29, 1.82) is 0 Å². The van der Waals surface area contributed by atoms with Gasteiger partial charge in [-0.2, -0.15) is 0 Å². The van der Waals surface area contributed by atoms with Crippen LogP contribution in [-0.2, 0) is 9.47 Å². The van der Waals surface area contributed by atoms with Crippen molar-refractivity contribution in [3.05, 3.63) is 0 Å². The maximum absolute atomic E-state index is 11.9. The Morgan fingerprint density at radius 1 is 1.56 bits per heavy atom. The number of aliphatic hydroxyl groups excluding tert-OH is 1. The predicted octanol–water partition coefficient (Wildman–Crippen LogP) is 1.00. The molecule has 1 atom stereocenters. The number of ether oxygens (including phenoxy) is 2. The minimum Gasteiger partial charge on any atom is -0.444 e. The van der Waals surface area contributed by atoms with Gasteiger partial charge in [0.2, 0.25) is 0 Å². The van der Waals surface area contributed by atoms with Crippen LogP contribution in [0, 0.1) is 0 Å². The van der Waals surface area contributed by atoms with Crippen molar-refractivity contribution in [3.63, 3.8) is 0 Å². The zero-order valence-electron chi connectivity index (χ0n) is 10.2. The Hall–Kier alpha value is -0.810. The summed E-state index contributed by atoms with van der Waals surface area (Å²) < 4.78 is 10.6. The number of amides is 1. The lowest BCUT2D eigenvalue weighted by Crippen LogP contribution is -2.46. The second-order valence-electron chi connectivity index (χ2n) is 4.94. The van der Waals surface area contributed by atoms with E-state index in [0.717, 1.165) is 6.42 Å². The van der Waals surface area contributed by atoms with Gasteiger partial charge in [-0.25, -0.2) is 4.79 Å². The molecule has 1 amide bonds. The molecule has 0 aliphatic carbocycles. The van der Waals surface area contributed by atoms with Crippen LogP contribution >= 0.6 is 0 Å². The molecular weight excluding hydrogens is 210 g/mol. The Bertz CT molecular complexity index is 237. The van der Waals surface area contributed by atoms with Crippen LogP contribution in [0.1, 0.15) is 27.2 Å². The number of carbonyl (C=O) groups excluding carboxylic acids is 1. The molecule has 1 N–H and O–H groups in total. The molecule has 1 fully saturated rings. The maximum Gasteiger partial charge on any atom is 0.410 e. The summed E-state index contributed by atoms with van der Waals surface area (Å²) in [6.07, 6.45) is 0.396. The van der Waals surface area contributed by atoms with Crippen LogP contribution in [0.2, 0.25) is 0 Å². The molecule has 0 bridgehead atoms. The summed E-state index contributed by atoms with van der Waals surface area (Å²) in [5.41, 5.74) is -0.510. The zero-order chi connectivity index (χ0) is 12.2. The fourth-order valence-corrected chi connectivity index (χ4v) is 1.54. The quantitative estimate of drug-likeness (QED) is 0.731. The van der Waals surface area contributed by atoms with Crippen molar-refractivity contribution < 1.29 is 19.4 Å².